The highest BCUT2D eigenvalue weighted by molar-refractivity contribution is 7.91. The lowest BCUT2D eigenvalue weighted by molar-refractivity contribution is -0.136. The van der Waals surface area contributed by atoms with Crippen LogP contribution in [0, 0.1) is 0 Å². The molecule has 1 N–H and O–H groups in total. The summed E-state index contributed by atoms with van der Waals surface area (Å²) in [5.74, 6) is -0.446. The first-order valence-corrected chi connectivity index (χ1v) is 7.94. The number of hydrogen-bond acceptors (Lipinski definition) is 5. The van der Waals surface area contributed by atoms with Crippen LogP contribution >= 0.6 is 11.3 Å². The number of thiophene rings is 1. The molecule has 8 heteroatoms. The molecule has 0 saturated heterocycles. The van der Waals surface area contributed by atoms with Gasteiger partial charge in [-0.3, -0.25) is 4.79 Å². The Morgan fingerprint density at radius 2 is 2.15 bits per heavy atom. The van der Waals surface area contributed by atoms with E-state index in [2.05, 4.69) is 0 Å². The second kappa shape index (κ2) is 5.78. The van der Waals surface area contributed by atoms with Crippen molar-refractivity contribution >= 4 is 27.3 Å². The lowest BCUT2D eigenvalue weighted by atomic mass is 10.3. The van der Waals surface area contributed by atoms with Gasteiger partial charge in [0.1, 0.15) is 9.97 Å². The van der Waals surface area contributed by atoms with E-state index in [4.69, 9.17) is 9.52 Å². The van der Waals surface area contributed by atoms with Gasteiger partial charge in [0.15, 0.2) is 0 Å². The molecule has 0 saturated carbocycles. The molecule has 20 heavy (non-hydrogen) atoms. The molecule has 2 heterocycles. The molecule has 2 rings (SSSR count). The summed E-state index contributed by atoms with van der Waals surface area (Å²) < 4.78 is 31.0. The highest BCUT2D eigenvalue weighted by Gasteiger charge is 2.24. The lowest BCUT2D eigenvalue weighted by Crippen LogP contribution is -2.25. The fraction of sp³-hybridized carbons (Fsp3) is 0.250. The molecule has 0 aliphatic carbocycles. The summed E-state index contributed by atoms with van der Waals surface area (Å²) in [6, 6.07) is 6.32. The van der Waals surface area contributed by atoms with Gasteiger partial charge in [0.05, 0.1) is 19.2 Å². The summed E-state index contributed by atoms with van der Waals surface area (Å²) in [5, 5.41) is 8.69. The molecule has 0 aliphatic heterocycles. The van der Waals surface area contributed by atoms with Crippen LogP contribution in [0.3, 0.4) is 0 Å². The zero-order valence-corrected chi connectivity index (χ0v) is 12.3. The van der Waals surface area contributed by atoms with Crippen molar-refractivity contribution in [3.05, 3.63) is 41.2 Å². The Morgan fingerprint density at radius 1 is 1.40 bits per heavy atom. The Bertz CT molecular complexity index is 687. The van der Waals surface area contributed by atoms with Crippen molar-refractivity contribution in [2.75, 3.05) is 7.05 Å². The standard InChI is InChI=1S/C12H13NO5S2/c1-13(8-9-3-2-6-18-9)20(16,17)12-5-4-10(19-12)7-11(14)15/h2-6H,7-8H2,1H3,(H,14,15). The van der Waals surface area contributed by atoms with E-state index in [9.17, 15) is 13.2 Å². The fourth-order valence-electron chi connectivity index (χ4n) is 1.60. The molecule has 108 valence electrons. The number of nitrogens with zero attached hydrogens (tertiary/aromatic N) is 1. The highest BCUT2D eigenvalue weighted by Crippen LogP contribution is 2.25. The quantitative estimate of drug-likeness (QED) is 0.878. The first kappa shape index (κ1) is 14.8. The fourth-order valence-corrected chi connectivity index (χ4v) is 4.30. The number of sulfonamides is 1. The molecule has 0 bridgehead atoms. The Labute approximate surface area is 120 Å². The van der Waals surface area contributed by atoms with Gasteiger partial charge in [-0.2, -0.15) is 4.31 Å². The second-order valence-corrected chi connectivity index (χ2v) is 7.57. The number of rotatable bonds is 6. The molecule has 2 aromatic heterocycles. The van der Waals surface area contributed by atoms with Gasteiger partial charge in [0, 0.05) is 11.9 Å². The van der Waals surface area contributed by atoms with Crippen LogP contribution in [0.25, 0.3) is 0 Å². The molecule has 0 radical (unpaired) electrons. The monoisotopic (exact) mass is 315 g/mol. The van der Waals surface area contributed by atoms with Crippen LogP contribution in [0.1, 0.15) is 10.6 Å². The van der Waals surface area contributed by atoms with Gasteiger partial charge < -0.3 is 9.52 Å². The molecule has 0 atom stereocenters. The molecule has 0 aromatic carbocycles. The SMILES string of the molecule is CN(Cc1ccco1)S(=O)(=O)c1ccc(CC(=O)O)s1. The third-order valence-corrected chi connectivity index (χ3v) is 5.94. The summed E-state index contributed by atoms with van der Waals surface area (Å²) in [5.41, 5.74) is 0. The normalized spacial score (nSPS) is 11.9. The maximum Gasteiger partial charge on any atom is 0.308 e. The summed E-state index contributed by atoms with van der Waals surface area (Å²) in [6.07, 6.45) is 1.30. The van der Waals surface area contributed by atoms with Gasteiger partial charge in [-0.05, 0) is 24.3 Å². The van der Waals surface area contributed by atoms with Crippen molar-refractivity contribution < 1.29 is 22.7 Å². The smallest absolute Gasteiger partial charge is 0.308 e. The molecule has 6 nitrogen and oxygen atoms in total. The van der Waals surface area contributed by atoms with Gasteiger partial charge >= 0.3 is 5.97 Å². The molecule has 0 fully saturated rings. The van der Waals surface area contributed by atoms with E-state index in [1.54, 1.807) is 12.1 Å². The lowest BCUT2D eigenvalue weighted by Gasteiger charge is -2.14. The Kier molecular flexibility index (Phi) is 4.26. The molecule has 0 unspecified atom stereocenters. The van der Waals surface area contributed by atoms with Crippen molar-refractivity contribution in [3.63, 3.8) is 0 Å². The number of carboxylic acid groups (broad SMARTS) is 1. The first-order valence-electron chi connectivity index (χ1n) is 5.69. The minimum atomic E-state index is -3.63. The van der Waals surface area contributed by atoms with Gasteiger partial charge in [-0.1, -0.05) is 0 Å². The van der Waals surface area contributed by atoms with Crippen LogP contribution in [0.15, 0.2) is 39.2 Å². The molecule has 0 spiro atoms. The number of aliphatic carboxylic acids is 1. The summed E-state index contributed by atoms with van der Waals surface area (Å²) in [6.45, 7) is 0.126. The Morgan fingerprint density at radius 3 is 2.75 bits per heavy atom. The number of carboxylic acids is 1. The predicted molar refractivity (Wildman–Crippen MR) is 73.0 cm³/mol. The van der Waals surface area contributed by atoms with E-state index in [1.165, 1.54) is 29.7 Å². The predicted octanol–water partition coefficient (Wildman–Crippen LogP) is 1.79. The van der Waals surface area contributed by atoms with Gasteiger partial charge in [-0.25, -0.2) is 8.42 Å². The maximum absolute atomic E-state index is 12.3. The second-order valence-electron chi connectivity index (χ2n) is 4.13. The van der Waals surface area contributed by atoms with Crippen molar-refractivity contribution in [1.82, 2.24) is 4.31 Å². The van der Waals surface area contributed by atoms with Crippen molar-refractivity contribution in [2.24, 2.45) is 0 Å². The minimum Gasteiger partial charge on any atom is -0.481 e. The molecule has 0 amide bonds. The minimum absolute atomic E-state index is 0.126. The van der Waals surface area contributed by atoms with E-state index in [1.807, 2.05) is 0 Å². The molecule has 2 aromatic rings. The van der Waals surface area contributed by atoms with Crippen LogP contribution in [-0.2, 0) is 27.8 Å². The third kappa shape index (κ3) is 3.27. The maximum atomic E-state index is 12.3. The average Bonchev–Trinajstić information content (AvgIpc) is 2.99. The molecule has 0 aliphatic rings. The first-order chi connectivity index (χ1) is 9.39. The van der Waals surface area contributed by atoms with E-state index in [-0.39, 0.29) is 17.2 Å². The van der Waals surface area contributed by atoms with Gasteiger partial charge in [0.2, 0.25) is 0 Å². The molecular weight excluding hydrogens is 302 g/mol. The molecular formula is C12H13NO5S2. The summed E-state index contributed by atoms with van der Waals surface area (Å²) in [7, 11) is -2.18. The number of carbonyl (C=O) groups is 1. The highest BCUT2D eigenvalue weighted by atomic mass is 32.2. The van der Waals surface area contributed by atoms with Crippen LogP contribution in [-0.4, -0.2) is 30.8 Å². The van der Waals surface area contributed by atoms with Crippen LogP contribution in [0.5, 0.6) is 0 Å². The van der Waals surface area contributed by atoms with E-state index in [0.29, 0.717) is 10.6 Å². The Balaban J connectivity index is 2.16. The Hall–Kier alpha value is -1.64. The summed E-state index contributed by atoms with van der Waals surface area (Å²) in [4.78, 5) is 11.1. The van der Waals surface area contributed by atoms with Crippen LogP contribution < -0.4 is 0 Å². The van der Waals surface area contributed by atoms with Crippen LogP contribution in [0.4, 0.5) is 0 Å². The van der Waals surface area contributed by atoms with Crippen molar-refractivity contribution in [1.29, 1.82) is 0 Å². The number of furan rings is 1. The van der Waals surface area contributed by atoms with E-state index >= 15 is 0 Å². The topological polar surface area (TPSA) is 87.8 Å². The summed E-state index contributed by atoms with van der Waals surface area (Å²) >= 11 is 0.968. The van der Waals surface area contributed by atoms with E-state index in [0.717, 1.165) is 11.3 Å². The largest absolute Gasteiger partial charge is 0.481 e. The number of hydrogen-bond donors (Lipinski definition) is 1. The average molecular weight is 315 g/mol. The zero-order chi connectivity index (χ0) is 14.8. The van der Waals surface area contributed by atoms with Gasteiger partial charge in [-0.15, -0.1) is 11.3 Å². The van der Waals surface area contributed by atoms with E-state index < -0.39 is 16.0 Å². The van der Waals surface area contributed by atoms with Crippen LogP contribution in [0.2, 0.25) is 0 Å². The van der Waals surface area contributed by atoms with Crippen molar-refractivity contribution in [3.8, 4) is 0 Å². The zero-order valence-electron chi connectivity index (χ0n) is 10.6. The van der Waals surface area contributed by atoms with Gasteiger partial charge in [0.25, 0.3) is 10.0 Å². The van der Waals surface area contributed by atoms with Crippen molar-refractivity contribution in [2.45, 2.75) is 17.2 Å². The third-order valence-electron chi connectivity index (χ3n) is 2.59.